The average Bonchev–Trinajstić information content (AvgIpc) is 3.79. The lowest BCUT2D eigenvalue weighted by atomic mass is 9.77. The fourth-order valence-electron chi connectivity index (χ4n) is 9.32. The van der Waals surface area contributed by atoms with Gasteiger partial charge in [0.25, 0.3) is 0 Å². The van der Waals surface area contributed by atoms with Gasteiger partial charge < -0.3 is 8.82 Å². The SMILES string of the molecule is C=C/C1=N/C(=C)CC2C(CCc3cc4c(cc31)c1cccc3c5c6c(ccc5n4c13)oc1ccccc16)c1ccccc1-c1cccc[n+]12. The number of aromatic nitrogens is 2. The fourth-order valence-corrected chi connectivity index (χ4v) is 9.32. The van der Waals surface area contributed by atoms with Crippen LogP contribution in [0.4, 0.5) is 0 Å². The molecule has 2 unspecified atom stereocenters. The maximum Gasteiger partial charge on any atom is 0.213 e. The Morgan fingerprint density at radius 2 is 1.59 bits per heavy atom. The molecule has 4 heteroatoms. The van der Waals surface area contributed by atoms with Gasteiger partial charge in [-0.2, -0.15) is 4.57 Å². The summed E-state index contributed by atoms with van der Waals surface area (Å²) in [6.07, 6.45) is 6.88. The van der Waals surface area contributed by atoms with E-state index in [-0.39, 0.29) is 6.04 Å². The van der Waals surface area contributed by atoms with Crippen LogP contribution in [0.1, 0.15) is 41.5 Å². The Morgan fingerprint density at radius 1 is 0.755 bits per heavy atom. The van der Waals surface area contributed by atoms with Gasteiger partial charge in [0, 0.05) is 67.2 Å². The molecule has 0 fully saturated rings. The Kier molecular flexibility index (Phi) is 5.39. The first-order valence-electron chi connectivity index (χ1n) is 17.2. The lowest BCUT2D eigenvalue weighted by molar-refractivity contribution is -0.718. The van der Waals surface area contributed by atoms with Gasteiger partial charge in [-0.25, -0.2) is 0 Å². The smallest absolute Gasteiger partial charge is 0.213 e. The highest BCUT2D eigenvalue weighted by atomic mass is 16.3. The molecule has 232 valence electrons. The van der Waals surface area contributed by atoms with Crippen molar-refractivity contribution in [3.63, 3.8) is 0 Å². The molecule has 5 aromatic carbocycles. The van der Waals surface area contributed by atoms with E-state index in [1.165, 1.54) is 65.9 Å². The number of benzene rings is 5. The second-order valence-electron chi connectivity index (χ2n) is 13.8. The van der Waals surface area contributed by atoms with Crippen LogP contribution < -0.4 is 4.57 Å². The summed E-state index contributed by atoms with van der Waals surface area (Å²) in [4.78, 5) is 5.21. The Bertz CT molecular complexity index is 2920. The van der Waals surface area contributed by atoms with E-state index in [2.05, 4.69) is 131 Å². The van der Waals surface area contributed by atoms with Gasteiger partial charge in [-0.05, 0) is 72.5 Å². The number of furan rings is 1. The minimum atomic E-state index is 0.230. The Hall–Kier alpha value is -6.00. The normalized spacial score (nSPS) is 18.9. The number of nitrogens with zero attached hydrogens (tertiary/aromatic N) is 3. The third-order valence-corrected chi connectivity index (χ3v) is 11.3. The number of aryl methyl sites for hydroxylation is 1. The second kappa shape index (κ2) is 9.77. The number of aliphatic imine (C=N–C) groups is 1. The Labute approximate surface area is 282 Å². The molecule has 4 nitrogen and oxygen atoms in total. The quantitative estimate of drug-likeness (QED) is 0.166. The zero-order chi connectivity index (χ0) is 32.4. The van der Waals surface area contributed by atoms with E-state index in [4.69, 9.17) is 9.41 Å². The predicted molar refractivity (Wildman–Crippen MR) is 201 cm³/mol. The number of hydrogen-bond donors (Lipinski definition) is 0. The van der Waals surface area contributed by atoms with Crippen LogP contribution in [0.15, 0.2) is 150 Å². The third-order valence-electron chi connectivity index (χ3n) is 11.3. The lowest BCUT2D eigenvalue weighted by Gasteiger charge is -2.31. The molecule has 0 aliphatic carbocycles. The van der Waals surface area contributed by atoms with Crippen LogP contribution in [0.3, 0.4) is 0 Å². The van der Waals surface area contributed by atoms with Crippen LogP contribution >= 0.6 is 0 Å². The maximum absolute atomic E-state index is 6.34. The molecule has 2 aliphatic heterocycles. The van der Waals surface area contributed by atoms with Gasteiger partial charge in [0.1, 0.15) is 11.2 Å². The topological polar surface area (TPSA) is 33.8 Å². The predicted octanol–water partition coefficient (Wildman–Crippen LogP) is 10.9. The molecule has 0 amide bonds. The summed E-state index contributed by atoms with van der Waals surface area (Å²) in [6, 6.07) is 40.0. The van der Waals surface area contributed by atoms with E-state index in [0.717, 1.165) is 52.8 Å². The van der Waals surface area contributed by atoms with Crippen molar-refractivity contribution in [1.82, 2.24) is 4.40 Å². The summed E-state index contributed by atoms with van der Waals surface area (Å²) in [6.45, 7) is 8.77. The highest BCUT2D eigenvalue weighted by Crippen LogP contribution is 2.46. The van der Waals surface area contributed by atoms with Crippen molar-refractivity contribution in [3.05, 3.63) is 157 Å². The van der Waals surface area contributed by atoms with Crippen molar-refractivity contribution in [1.29, 1.82) is 0 Å². The molecule has 4 aromatic heterocycles. The van der Waals surface area contributed by atoms with Gasteiger partial charge in [-0.1, -0.05) is 67.8 Å². The van der Waals surface area contributed by atoms with Crippen LogP contribution in [0.2, 0.25) is 0 Å². The van der Waals surface area contributed by atoms with Crippen molar-refractivity contribution < 1.29 is 8.98 Å². The van der Waals surface area contributed by atoms with E-state index in [0.29, 0.717) is 5.92 Å². The van der Waals surface area contributed by atoms with E-state index < -0.39 is 0 Å². The van der Waals surface area contributed by atoms with Crippen molar-refractivity contribution in [2.24, 2.45) is 4.99 Å². The third kappa shape index (κ3) is 3.58. The molecule has 0 bridgehead atoms. The number of pyridine rings is 1. The molecule has 0 N–H and O–H groups in total. The van der Waals surface area contributed by atoms with Crippen LogP contribution in [0.25, 0.3) is 71.3 Å². The van der Waals surface area contributed by atoms with E-state index in [1.807, 2.05) is 12.1 Å². The minimum absolute atomic E-state index is 0.230. The Balaban J connectivity index is 1.18. The summed E-state index contributed by atoms with van der Waals surface area (Å²) in [5.74, 6) is 0.327. The first kappa shape index (κ1) is 27.0. The summed E-state index contributed by atoms with van der Waals surface area (Å²) < 4.78 is 11.3. The largest absolute Gasteiger partial charge is 0.456 e. The zero-order valence-corrected chi connectivity index (χ0v) is 27.0. The Morgan fingerprint density at radius 3 is 2.53 bits per heavy atom. The number of hydrogen-bond acceptors (Lipinski definition) is 2. The molecule has 2 aliphatic rings. The molecular weight excluding hydrogens is 599 g/mol. The van der Waals surface area contributed by atoms with Crippen molar-refractivity contribution in [2.75, 3.05) is 0 Å². The molecule has 49 heavy (non-hydrogen) atoms. The van der Waals surface area contributed by atoms with Crippen molar-refractivity contribution in [2.45, 2.75) is 31.2 Å². The van der Waals surface area contributed by atoms with Gasteiger partial charge in [-0.15, -0.1) is 0 Å². The number of allylic oxidation sites excluding steroid dienone is 2. The molecule has 2 atom stereocenters. The molecule has 0 saturated carbocycles. The van der Waals surface area contributed by atoms with Crippen LogP contribution in [0.5, 0.6) is 0 Å². The van der Waals surface area contributed by atoms with Gasteiger partial charge in [0.2, 0.25) is 5.69 Å². The molecule has 11 rings (SSSR count). The molecule has 6 heterocycles. The summed E-state index contributed by atoms with van der Waals surface area (Å²) in [5, 5.41) is 7.35. The highest BCUT2D eigenvalue weighted by Gasteiger charge is 2.40. The van der Waals surface area contributed by atoms with Gasteiger partial charge in [0.15, 0.2) is 12.2 Å². The van der Waals surface area contributed by atoms with Crippen molar-refractivity contribution in [3.8, 4) is 11.3 Å². The number of para-hydroxylation sites is 2. The monoisotopic (exact) mass is 630 g/mol. The lowest BCUT2D eigenvalue weighted by Crippen LogP contribution is -2.47. The van der Waals surface area contributed by atoms with E-state index in [9.17, 15) is 0 Å². The van der Waals surface area contributed by atoms with Gasteiger partial charge in [-0.3, -0.25) is 4.99 Å². The van der Waals surface area contributed by atoms with Crippen molar-refractivity contribution >= 4 is 65.7 Å². The fraction of sp³-hybridized carbons (Fsp3) is 0.111. The number of rotatable bonds is 1. The van der Waals surface area contributed by atoms with E-state index >= 15 is 0 Å². The standard InChI is InChI=1S/C45H32N3O/c1-3-36-34-25-35-31-14-10-15-33-43-38(20-21-42-44(43)32-13-6-7-17-41(32)49-42)48(45(31)33)40(35)24-27(34)18-19-30-28-11-4-5-12-29(28)37-16-8-9-22-47(37)39(30)23-26(2)46-36/h3-17,20-22,24-25,30,39H,1-2,18-19,23H2/q+1/b46-36-. The molecule has 0 spiro atoms. The van der Waals surface area contributed by atoms with Gasteiger partial charge >= 0.3 is 0 Å². The van der Waals surface area contributed by atoms with Crippen LogP contribution in [0, 0.1) is 0 Å². The average molecular weight is 631 g/mol. The van der Waals surface area contributed by atoms with Gasteiger partial charge in [0.05, 0.1) is 28.7 Å². The summed E-state index contributed by atoms with van der Waals surface area (Å²) in [5.41, 5.74) is 13.8. The minimum Gasteiger partial charge on any atom is -0.456 e. The second-order valence-corrected chi connectivity index (χ2v) is 13.8. The molecule has 9 aromatic rings. The molecule has 0 saturated heterocycles. The van der Waals surface area contributed by atoms with Crippen LogP contribution in [-0.4, -0.2) is 10.1 Å². The number of fused-ring (bicyclic) bond motifs is 17. The molecule has 0 radical (unpaired) electrons. The van der Waals surface area contributed by atoms with E-state index in [1.54, 1.807) is 0 Å². The highest BCUT2D eigenvalue weighted by molar-refractivity contribution is 6.32. The van der Waals surface area contributed by atoms with Crippen LogP contribution in [-0.2, 0) is 6.42 Å². The molecular formula is C45H32N3O+. The first-order valence-corrected chi connectivity index (χ1v) is 17.2. The summed E-state index contributed by atoms with van der Waals surface area (Å²) in [7, 11) is 0. The first-order chi connectivity index (χ1) is 24.2. The zero-order valence-electron chi connectivity index (χ0n) is 27.0. The maximum atomic E-state index is 6.34. The summed E-state index contributed by atoms with van der Waals surface area (Å²) >= 11 is 0.